The molecule has 40 heavy (non-hydrogen) atoms. The largest absolute Gasteiger partial charge is 0.484 e. The summed E-state index contributed by atoms with van der Waals surface area (Å²) in [7, 11) is 0. The quantitative estimate of drug-likeness (QED) is 0.274. The number of hydrogen-bond donors (Lipinski definition) is 2. The summed E-state index contributed by atoms with van der Waals surface area (Å²) in [5.74, 6) is -0.628. The minimum Gasteiger partial charge on any atom is -0.484 e. The number of rotatable bonds is 10. The Hall–Kier alpha value is -3.52. The molecule has 1 aromatic carbocycles. The zero-order valence-corrected chi connectivity index (χ0v) is 22.6. The van der Waals surface area contributed by atoms with E-state index in [1.807, 2.05) is 6.07 Å². The highest BCUT2D eigenvalue weighted by Crippen LogP contribution is 2.39. The Morgan fingerprint density at radius 3 is 2.75 bits per heavy atom. The molecule has 0 aliphatic carbocycles. The van der Waals surface area contributed by atoms with Gasteiger partial charge in [-0.3, -0.25) is 19.2 Å². The first-order valence-corrected chi connectivity index (χ1v) is 13.6. The van der Waals surface area contributed by atoms with E-state index in [0.717, 1.165) is 68.0 Å². The number of alkyl halides is 3. The molecule has 3 aromatic heterocycles. The van der Waals surface area contributed by atoms with Crippen molar-refractivity contribution in [1.29, 1.82) is 0 Å². The number of fused-ring (bicyclic) bond motifs is 1. The number of imidazole rings is 1. The maximum atomic E-state index is 13.6. The van der Waals surface area contributed by atoms with Gasteiger partial charge in [0.2, 0.25) is 0 Å². The number of aromatic nitrogens is 3. The molecule has 1 amide bonds. The lowest BCUT2D eigenvalue weighted by Gasteiger charge is -2.26. The fraction of sp³-hybridized carbons (Fsp3) is 0.370. The van der Waals surface area contributed by atoms with Crippen LogP contribution in [0.4, 0.5) is 13.2 Å². The van der Waals surface area contributed by atoms with Crippen molar-refractivity contribution in [2.75, 3.05) is 39.4 Å². The molecule has 0 unspecified atom stereocenters. The number of thiophene rings is 1. The minimum absolute atomic E-state index is 0.0388. The maximum absolute atomic E-state index is 13.6. The van der Waals surface area contributed by atoms with Gasteiger partial charge in [0, 0.05) is 44.4 Å². The summed E-state index contributed by atoms with van der Waals surface area (Å²) in [5, 5.41) is 4.00. The highest BCUT2D eigenvalue weighted by molar-refractivity contribution is 7.16. The highest BCUT2D eigenvalue weighted by atomic mass is 32.1. The Bertz CT molecular complexity index is 1480. The molecule has 0 radical (unpaired) electrons. The zero-order valence-electron chi connectivity index (χ0n) is 21.8. The molecule has 13 heteroatoms. The van der Waals surface area contributed by atoms with Crippen LogP contribution in [0.2, 0.25) is 0 Å². The molecular formula is C27H29F3N6O3S. The SMILES string of the molecule is C[C@@H](Oc1cc(-n2cnc3cnc(CNCCN4CCOCC4)cc32)sc1C(N)=O)c1ccccc1C(F)(F)F. The lowest BCUT2D eigenvalue weighted by molar-refractivity contribution is -0.139. The average Bonchev–Trinajstić information content (AvgIpc) is 3.55. The monoisotopic (exact) mass is 574 g/mol. The summed E-state index contributed by atoms with van der Waals surface area (Å²) in [6.45, 7) is 7.17. The van der Waals surface area contributed by atoms with Crippen molar-refractivity contribution in [1.82, 2.24) is 24.8 Å². The van der Waals surface area contributed by atoms with Gasteiger partial charge >= 0.3 is 6.18 Å². The molecular weight excluding hydrogens is 545 g/mol. The smallest absolute Gasteiger partial charge is 0.416 e. The molecule has 1 aliphatic heterocycles. The number of benzene rings is 1. The molecule has 212 valence electrons. The first-order chi connectivity index (χ1) is 19.2. The third-order valence-electron chi connectivity index (χ3n) is 6.66. The van der Waals surface area contributed by atoms with Crippen molar-refractivity contribution in [3.63, 3.8) is 0 Å². The van der Waals surface area contributed by atoms with Gasteiger partial charge in [-0.05, 0) is 19.1 Å². The lowest BCUT2D eigenvalue weighted by Crippen LogP contribution is -2.40. The van der Waals surface area contributed by atoms with Crippen molar-refractivity contribution in [2.24, 2.45) is 5.73 Å². The highest BCUT2D eigenvalue weighted by Gasteiger charge is 2.35. The molecule has 9 nitrogen and oxygen atoms in total. The van der Waals surface area contributed by atoms with Crippen LogP contribution in [0.25, 0.3) is 16.0 Å². The van der Waals surface area contributed by atoms with Crippen LogP contribution in [0.5, 0.6) is 5.75 Å². The summed E-state index contributed by atoms with van der Waals surface area (Å²) < 4.78 is 53.7. The van der Waals surface area contributed by atoms with Crippen molar-refractivity contribution >= 4 is 28.3 Å². The average molecular weight is 575 g/mol. The van der Waals surface area contributed by atoms with Gasteiger partial charge in [-0.15, -0.1) is 11.3 Å². The second kappa shape index (κ2) is 11.9. The van der Waals surface area contributed by atoms with E-state index in [-0.39, 0.29) is 16.2 Å². The lowest BCUT2D eigenvalue weighted by atomic mass is 10.0. The van der Waals surface area contributed by atoms with Crippen LogP contribution >= 0.6 is 11.3 Å². The number of primary amides is 1. The molecule has 1 aliphatic rings. The van der Waals surface area contributed by atoms with Gasteiger partial charge in [-0.1, -0.05) is 18.2 Å². The number of nitrogens with zero attached hydrogens (tertiary/aromatic N) is 4. The predicted octanol–water partition coefficient (Wildman–Crippen LogP) is 4.16. The summed E-state index contributed by atoms with van der Waals surface area (Å²) in [5.41, 5.74) is 7.01. The third-order valence-corrected chi connectivity index (χ3v) is 7.79. The van der Waals surface area contributed by atoms with Crippen LogP contribution in [0, 0.1) is 0 Å². The number of carbonyl (C=O) groups excluding carboxylic acids is 1. The maximum Gasteiger partial charge on any atom is 0.416 e. The van der Waals surface area contributed by atoms with Gasteiger partial charge in [-0.25, -0.2) is 4.98 Å². The second-order valence-corrected chi connectivity index (χ2v) is 10.4. The number of pyridine rings is 1. The topological polar surface area (TPSA) is 108 Å². The minimum atomic E-state index is -4.54. The first kappa shape index (κ1) is 28.0. The van der Waals surface area contributed by atoms with E-state index in [2.05, 4.69) is 20.2 Å². The van der Waals surface area contributed by atoms with E-state index in [9.17, 15) is 18.0 Å². The number of hydrogen-bond acceptors (Lipinski definition) is 8. The molecule has 0 bridgehead atoms. The predicted molar refractivity (Wildman–Crippen MR) is 145 cm³/mol. The number of amides is 1. The summed E-state index contributed by atoms with van der Waals surface area (Å²) >= 11 is 1.08. The number of ether oxygens (including phenoxy) is 2. The van der Waals surface area contributed by atoms with E-state index in [1.165, 1.54) is 25.1 Å². The van der Waals surface area contributed by atoms with E-state index in [4.69, 9.17) is 15.2 Å². The van der Waals surface area contributed by atoms with Crippen molar-refractivity contribution in [2.45, 2.75) is 25.7 Å². The van der Waals surface area contributed by atoms with E-state index in [1.54, 1.807) is 23.2 Å². The van der Waals surface area contributed by atoms with Crippen LogP contribution in [-0.4, -0.2) is 64.7 Å². The number of nitrogens with two attached hydrogens (primary N) is 1. The van der Waals surface area contributed by atoms with Crippen LogP contribution < -0.4 is 15.8 Å². The Kier molecular flexibility index (Phi) is 8.35. The summed E-state index contributed by atoms with van der Waals surface area (Å²) in [6.07, 6.45) is -2.25. The molecule has 1 fully saturated rings. The van der Waals surface area contributed by atoms with Gasteiger partial charge in [0.1, 0.15) is 33.6 Å². The molecule has 1 saturated heterocycles. The summed E-state index contributed by atoms with van der Waals surface area (Å²) in [4.78, 5) is 23.6. The first-order valence-electron chi connectivity index (χ1n) is 12.8. The number of halogens is 3. The van der Waals surface area contributed by atoms with Crippen LogP contribution in [0.1, 0.15) is 39.5 Å². The van der Waals surface area contributed by atoms with Gasteiger partial charge < -0.3 is 20.5 Å². The van der Waals surface area contributed by atoms with Gasteiger partial charge in [-0.2, -0.15) is 13.2 Å². The fourth-order valence-corrected chi connectivity index (χ4v) is 5.54. The van der Waals surface area contributed by atoms with Crippen LogP contribution in [0.15, 0.2) is 48.9 Å². The third kappa shape index (κ3) is 6.28. The van der Waals surface area contributed by atoms with E-state index < -0.39 is 23.8 Å². The van der Waals surface area contributed by atoms with Gasteiger partial charge in [0.25, 0.3) is 5.91 Å². The van der Waals surface area contributed by atoms with Crippen molar-refractivity contribution in [3.05, 3.63) is 70.6 Å². The van der Waals surface area contributed by atoms with Crippen molar-refractivity contribution < 1.29 is 27.4 Å². The second-order valence-electron chi connectivity index (χ2n) is 9.40. The molecule has 4 aromatic rings. The Labute approximate surface area is 232 Å². The summed E-state index contributed by atoms with van der Waals surface area (Å²) in [6, 6.07) is 8.71. The molecule has 0 spiro atoms. The Balaban J connectivity index is 1.35. The van der Waals surface area contributed by atoms with Crippen LogP contribution in [-0.2, 0) is 17.5 Å². The normalized spacial score (nSPS) is 15.4. The van der Waals surface area contributed by atoms with Crippen LogP contribution in [0.3, 0.4) is 0 Å². The molecule has 3 N–H and O–H groups in total. The fourth-order valence-electron chi connectivity index (χ4n) is 4.61. The standard InChI is InChI=1S/C27H29F3N6O3S/c1-17(19-4-2-3-5-20(19)27(28,29)30)39-23-13-24(40-25(23)26(31)37)36-16-34-21-15-33-18(12-22(21)36)14-32-6-7-35-8-10-38-11-9-35/h2-5,12-13,15-17,32H,6-11,14H2,1H3,(H2,31,37)/t17-/m1/s1. The molecule has 0 saturated carbocycles. The zero-order chi connectivity index (χ0) is 28.3. The molecule has 1 atom stereocenters. The number of carbonyl (C=O) groups is 1. The Morgan fingerprint density at radius 1 is 1.23 bits per heavy atom. The number of nitrogens with one attached hydrogen (secondary N) is 1. The molecule has 4 heterocycles. The molecule has 5 rings (SSSR count). The van der Waals surface area contributed by atoms with Gasteiger partial charge in [0.05, 0.1) is 36.2 Å². The number of morpholine rings is 1. The van der Waals surface area contributed by atoms with Crippen molar-refractivity contribution in [3.8, 4) is 10.8 Å². The Morgan fingerprint density at radius 2 is 2.00 bits per heavy atom. The van der Waals surface area contributed by atoms with E-state index in [0.29, 0.717) is 17.1 Å². The van der Waals surface area contributed by atoms with Gasteiger partial charge in [0.15, 0.2) is 0 Å². The van der Waals surface area contributed by atoms with E-state index >= 15 is 0 Å².